The van der Waals surface area contributed by atoms with Crippen molar-refractivity contribution in [1.29, 1.82) is 0 Å². The molecule has 2 heterocycles. The van der Waals surface area contributed by atoms with Crippen molar-refractivity contribution < 1.29 is 27.8 Å². The molecule has 1 aliphatic heterocycles. The molecule has 1 amide bonds. The van der Waals surface area contributed by atoms with Crippen LogP contribution in [0.25, 0.3) is 11.1 Å². The van der Waals surface area contributed by atoms with Crippen LogP contribution in [0.4, 0.5) is 0 Å². The molecule has 0 unspecified atom stereocenters. The maximum atomic E-state index is 13.8. The number of rotatable bonds is 7. The van der Waals surface area contributed by atoms with Crippen molar-refractivity contribution in [3.63, 3.8) is 0 Å². The third-order valence-electron chi connectivity index (χ3n) is 6.81. The normalized spacial score (nSPS) is 19.8. The first-order valence-corrected chi connectivity index (χ1v) is 13.8. The summed E-state index contributed by atoms with van der Waals surface area (Å²) < 4.78 is 40.8. The number of ether oxygens (including phenoxy) is 2. The summed E-state index contributed by atoms with van der Waals surface area (Å²) in [5, 5.41) is 9.87. The number of nitrogens with zero attached hydrogens (tertiary/aromatic N) is 3. The van der Waals surface area contributed by atoms with E-state index in [0.29, 0.717) is 11.3 Å². The third-order valence-corrected chi connectivity index (χ3v) is 8.83. The Morgan fingerprint density at radius 3 is 2.61 bits per heavy atom. The molecule has 0 bridgehead atoms. The fourth-order valence-electron chi connectivity index (χ4n) is 4.56. The Morgan fingerprint density at radius 1 is 1.21 bits per heavy atom. The minimum Gasteiger partial charge on any atom is -0.496 e. The molecular weight excluding hydrogens is 506 g/mol. The Morgan fingerprint density at radius 2 is 1.92 bits per heavy atom. The Labute approximate surface area is 223 Å². The van der Waals surface area contributed by atoms with Gasteiger partial charge in [0.1, 0.15) is 22.5 Å². The minimum atomic E-state index is -3.98. The molecule has 0 saturated carbocycles. The number of para-hydroxylation sites is 1. The smallest absolute Gasteiger partial charge is 0.253 e. The Balaban J connectivity index is 1.77. The minimum absolute atomic E-state index is 0.0106. The van der Waals surface area contributed by atoms with Gasteiger partial charge in [-0.3, -0.25) is 9.78 Å². The van der Waals surface area contributed by atoms with Gasteiger partial charge in [0, 0.05) is 49.1 Å². The number of hydrogen-bond donors (Lipinski definition) is 1. The van der Waals surface area contributed by atoms with Gasteiger partial charge in [0.05, 0.1) is 20.3 Å². The molecule has 1 N–H and O–H groups in total. The Bertz CT molecular complexity index is 1380. The zero-order valence-electron chi connectivity index (χ0n) is 21.9. The summed E-state index contributed by atoms with van der Waals surface area (Å²) in [5.74, 6) is 0.338. The van der Waals surface area contributed by atoms with E-state index in [1.807, 2.05) is 31.2 Å². The van der Waals surface area contributed by atoms with Crippen molar-refractivity contribution in [3.8, 4) is 22.6 Å². The molecule has 0 spiro atoms. The number of aliphatic hydroxyl groups excluding tert-OH is 1. The van der Waals surface area contributed by atoms with Crippen LogP contribution < -0.4 is 9.47 Å². The number of methoxy groups -OCH3 is 1. The largest absolute Gasteiger partial charge is 0.496 e. The SMILES string of the molecule is COc1ccccc1-c1ccc2c(c1)O[C@@H](CN(C)C(=O)c1ccncc1)[C@H](C)CN([C@H](C)CO)S2(=O)=O. The number of aromatic nitrogens is 1. The van der Waals surface area contributed by atoms with Crippen LogP contribution in [0.1, 0.15) is 24.2 Å². The maximum Gasteiger partial charge on any atom is 0.253 e. The predicted octanol–water partition coefficient (Wildman–Crippen LogP) is 3.30. The fourth-order valence-corrected chi connectivity index (χ4v) is 6.39. The Kier molecular flexibility index (Phi) is 8.35. The molecule has 0 saturated heterocycles. The topological polar surface area (TPSA) is 109 Å². The molecule has 1 aromatic heterocycles. The highest BCUT2D eigenvalue weighted by atomic mass is 32.2. The molecule has 9 nitrogen and oxygen atoms in total. The van der Waals surface area contributed by atoms with Crippen LogP contribution in [-0.2, 0) is 10.0 Å². The van der Waals surface area contributed by atoms with Gasteiger partial charge in [0.25, 0.3) is 5.91 Å². The summed E-state index contributed by atoms with van der Waals surface area (Å²) in [7, 11) is -0.716. The summed E-state index contributed by atoms with van der Waals surface area (Å²) >= 11 is 0. The standard InChI is InChI=1S/C28H33N3O6S/c1-19-16-31(20(2)18-32)38(34,35)27-10-9-22(23-7-5-6-8-24(23)36-4)15-25(27)37-26(19)17-30(3)28(33)21-11-13-29-14-12-21/h5-15,19-20,26,32H,16-18H2,1-4H3/t19-,20-,26+/m1/s1. The molecule has 0 fully saturated rings. The van der Waals surface area contributed by atoms with E-state index >= 15 is 0 Å². The van der Waals surface area contributed by atoms with Crippen LogP contribution in [0.15, 0.2) is 71.9 Å². The van der Waals surface area contributed by atoms with Gasteiger partial charge in [-0.1, -0.05) is 31.2 Å². The zero-order chi connectivity index (χ0) is 27.4. The van der Waals surface area contributed by atoms with Crippen molar-refractivity contribution in [2.45, 2.75) is 30.9 Å². The number of pyridine rings is 1. The number of hydrogen-bond acceptors (Lipinski definition) is 7. The second-order valence-corrected chi connectivity index (χ2v) is 11.4. The van der Waals surface area contributed by atoms with E-state index < -0.39 is 22.2 Å². The molecular formula is C28H33N3O6S. The molecule has 10 heteroatoms. The van der Waals surface area contributed by atoms with Gasteiger partial charge in [0.2, 0.25) is 10.0 Å². The van der Waals surface area contributed by atoms with Crippen molar-refractivity contribution in [2.24, 2.45) is 5.92 Å². The predicted molar refractivity (Wildman–Crippen MR) is 144 cm³/mol. The van der Waals surface area contributed by atoms with Crippen LogP contribution in [0.2, 0.25) is 0 Å². The number of amides is 1. The monoisotopic (exact) mass is 539 g/mol. The van der Waals surface area contributed by atoms with E-state index in [0.717, 1.165) is 11.1 Å². The molecule has 3 atom stereocenters. The van der Waals surface area contributed by atoms with E-state index in [4.69, 9.17) is 9.47 Å². The van der Waals surface area contributed by atoms with Crippen LogP contribution in [-0.4, -0.2) is 79.6 Å². The first kappa shape index (κ1) is 27.6. The summed E-state index contributed by atoms with van der Waals surface area (Å²) in [6.45, 7) is 3.58. The lowest BCUT2D eigenvalue weighted by molar-refractivity contribution is 0.0563. The quantitative estimate of drug-likeness (QED) is 0.491. The van der Waals surface area contributed by atoms with E-state index in [9.17, 15) is 18.3 Å². The van der Waals surface area contributed by atoms with Crippen molar-refractivity contribution in [2.75, 3.05) is 33.9 Å². The van der Waals surface area contributed by atoms with Gasteiger partial charge in [-0.15, -0.1) is 0 Å². The number of sulfonamides is 1. The summed E-state index contributed by atoms with van der Waals surface area (Å²) in [5.41, 5.74) is 2.01. The molecule has 2 aromatic carbocycles. The number of carbonyl (C=O) groups excluding carboxylic acids is 1. The number of carbonyl (C=O) groups is 1. The lowest BCUT2D eigenvalue weighted by Gasteiger charge is -2.37. The summed E-state index contributed by atoms with van der Waals surface area (Å²) in [6.07, 6.45) is 2.59. The number of benzene rings is 2. The zero-order valence-corrected chi connectivity index (χ0v) is 22.8. The fraction of sp³-hybridized carbons (Fsp3) is 0.357. The highest BCUT2D eigenvalue weighted by Crippen LogP contribution is 2.38. The van der Waals surface area contributed by atoms with E-state index in [2.05, 4.69) is 4.98 Å². The molecule has 1 aliphatic rings. The lowest BCUT2D eigenvalue weighted by Crippen LogP contribution is -2.50. The van der Waals surface area contributed by atoms with Crippen molar-refractivity contribution in [1.82, 2.24) is 14.2 Å². The first-order chi connectivity index (χ1) is 18.2. The molecule has 0 aliphatic carbocycles. The van der Waals surface area contributed by atoms with Gasteiger partial charge in [-0.2, -0.15) is 4.31 Å². The van der Waals surface area contributed by atoms with Gasteiger partial charge in [-0.25, -0.2) is 8.42 Å². The number of likely N-dealkylation sites (N-methyl/N-ethyl adjacent to an activating group) is 1. The van der Waals surface area contributed by atoms with Crippen LogP contribution >= 0.6 is 0 Å². The van der Waals surface area contributed by atoms with Gasteiger partial charge in [0.15, 0.2) is 0 Å². The highest BCUT2D eigenvalue weighted by molar-refractivity contribution is 7.89. The highest BCUT2D eigenvalue weighted by Gasteiger charge is 2.38. The average molecular weight is 540 g/mol. The lowest BCUT2D eigenvalue weighted by atomic mass is 10.0. The second kappa shape index (κ2) is 11.5. The van der Waals surface area contributed by atoms with Crippen LogP contribution in [0.5, 0.6) is 11.5 Å². The first-order valence-electron chi connectivity index (χ1n) is 12.4. The third kappa shape index (κ3) is 5.52. The van der Waals surface area contributed by atoms with E-state index in [1.54, 1.807) is 62.6 Å². The van der Waals surface area contributed by atoms with Crippen molar-refractivity contribution in [3.05, 3.63) is 72.6 Å². The number of aliphatic hydroxyl groups is 1. The van der Waals surface area contributed by atoms with Gasteiger partial charge in [-0.05, 0) is 42.8 Å². The van der Waals surface area contributed by atoms with Gasteiger partial charge < -0.3 is 19.5 Å². The van der Waals surface area contributed by atoms with Crippen LogP contribution in [0, 0.1) is 5.92 Å². The van der Waals surface area contributed by atoms with E-state index in [-0.39, 0.29) is 42.2 Å². The average Bonchev–Trinajstić information content (AvgIpc) is 2.94. The second-order valence-electron chi connectivity index (χ2n) is 9.52. The molecule has 202 valence electrons. The van der Waals surface area contributed by atoms with E-state index in [1.165, 1.54) is 10.4 Å². The van der Waals surface area contributed by atoms with Crippen LogP contribution in [0.3, 0.4) is 0 Å². The number of fused-ring (bicyclic) bond motifs is 1. The molecule has 0 radical (unpaired) electrons. The molecule has 3 aromatic rings. The van der Waals surface area contributed by atoms with Crippen molar-refractivity contribution >= 4 is 15.9 Å². The summed E-state index contributed by atoms with van der Waals surface area (Å²) in [4.78, 5) is 18.6. The molecule has 4 rings (SSSR count). The Hall–Kier alpha value is -3.47. The molecule has 38 heavy (non-hydrogen) atoms. The van der Waals surface area contributed by atoms with Gasteiger partial charge >= 0.3 is 0 Å². The maximum absolute atomic E-state index is 13.8. The summed E-state index contributed by atoms with van der Waals surface area (Å²) in [6, 6.07) is 15.1.